The van der Waals surface area contributed by atoms with Crippen molar-refractivity contribution in [1.29, 1.82) is 0 Å². The van der Waals surface area contributed by atoms with Gasteiger partial charge in [-0.3, -0.25) is 4.68 Å². The third-order valence-corrected chi connectivity index (χ3v) is 3.70. The van der Waals surface area contributed by atoms with Gasteiger partial charge in [0, 0.05) is 31.8 Å². The summed E-state index contributed by atoms with van der Waals surface area (Å²) in [5.74, 6) is 0. The second-order valence-corrected chi connectivity index (χ2v) is 5.15. The molecule has 1 aromatic rings. The summed E-state index contributed by atoms with van der Waals surface area (Å²) in [6.07, 6.45) is 1.91. The number of methoxy groups -OCH3 is 1. The van der Waals surface area contributed by atoms with Crippen LogP contribution in [0.2, 0.25) is 0 Å². The van der Waals surface area contributed by atoms with E-state index in [0.717, 1.165) is 25.1 Å². The average Bonchev–Trinajstić information content (AvgIpc) is 2.77. The fourth-order valence-electron chi connectivity index (χ4n) is 2.17. The van der Waals surface area contributed by atoms with E-state index in [1.54, 1.807) is 7.11 Å². The predicted octanol–water partition coefficient (Wildman–Crippen LogP) is 2.02. The summed E-state index contributed by atoms with van der Waals surface area (Å²) in [5.41, 5.74) is 2.25. The number of ether oxygens (including phenoxy) is 1. The van der Waals surface area contributed by atoms with Gasteiger partial charge in [0.25, 0.3) is 0 Å². The maximum Gasteiger partial charge on any atom is 0.0778 e. The van der Waals surface area contributed by atoms with Crippen molar-refractivity contribution in [3.63, 3.8) is 0 Å². The second-order valence-electron chi connectivity index (χ2n) is 5.15. The summed E-state index contributed by atoms with van der Waals surface area (Å²) in [4.78, 5) is 0. The molecule has 0 spiro atoms. The minimum absolute atomic E-state index is 0.191. The fraction of sp³-hybridized carbons (Fsp3) is 0.786. The van der Waals surface area contributed by atoms with Gasteiger partial charge in [-0.1, -0.05) is 6.92 Å². The van der Waals surface area contributed by atoms with Crippen LogP contribution in [0.1, 0.15) is 39.1 Å². The van der Waals surface area contributed by atoms with Crippen LogP contribution in [0.15, 0.2) is 6.07 Å². The van der Waals surface area contributed by atoms with E-state index in [9.17, 15) is 0 Å². The van der Waals surface area contributed by atoms with Gasteiger partial charge in [0.15, 0.2) is 0 Å². The van der Waals surface area contributed by atoms with Gasteiger partial charge in [-0.15, -0.1) is 0 Å². The smallest absolute Gasteiger partial charge is 0.0778 e. The van der Waals surface area contributed by atoms with E-state index in [0.29, 0.717) is 0 Å². The zero-order chi connectivity index (χ0) is 13.8. The first-order valence-corrected chi connectivity index (χ1v) is 6.76. The third-order valence-electron chi connectivity index (χ3n) is 3.70. The highest BCUT2D eigenvalue weighted by Gasteiger charge is 2.29. The van der Waals surface area contributed by atoms with Crippen LogP contribution in [0, 0.1) is 0 Å². The molecule has 0 aromatic carbocycles. The first-order valence-electron chi connectivity index (χ1n) is 6.76. The molecular weight excluding hydrogens is 226 g/mol. The molecule has 1 atom stereocenters. The van der Waals surface area contributed by atoms with Gasteiger partial charge in [0.1, 0.15) is 0 Å². The molecule has 0 aliphatic rings. The Bertz CT molecular complexity index is 371. The molecule has 4 nitrogen and oxygen atoms in total. The average molecular weight is 253 g/mol. The molecule has 1 unspecified atom stereocenters. The van der Waals surface area contributed by atoms with Gasteiger partial charge >= 0.3 is 0 Å². The van der Waals surface area contributed by atoms with Crippen LogP contribution in [0.25, 0.3) is 0 Å². The molecule has 0 amide bonds. The van der Waals surface area contributed by atoms with Crippen molar-refractivity contribution in [3.05, 3.63) is 17.5 Å². The Morgan fingerprint density at radius 1 is 1.44 bits per heavy atom. The van der Waals surface area contributed by atoms with Crippen molar-refractivity contribution in [3.8, 4) is 0 Å². The Kier molecular flexibility index (Phi) is 5.35. The van der Waals surface area contributed by atoms with Gasteiger partial charge in [-0.2, -0.15) is 5.10 Å². The number of aryl methyl sites for hydroxylation is 2. The van der Waals surface area contributed by atoms with Crippen molar-refractivity contribution < 1.29 is 4.74 Å². The van der Waals surface area contributed by atoms with Crippen LogP contribution in [0.4, 0.5) is 0 Å². The number of hydrogen-bond donors (Lipinski definition) is 1. The van der Waals surface area contributed by atoms with Gasteiger partial charge in [0.05, 0.1) is 11.3 Å². The fourth-order valence-corrected chi connectivity index (χ4v) is 2.17. The maximum absolute atomic E-state index is 5.58. The first kappa shape index (κ1) is 15.2. The van der Waals surface area contributed by atoms with Crippen molar-refractivity contribution in [2.45, 2.75) is 58.7 Å². The molecule has 0 bridgehead atoms. The molecule has 18 heavy (non-hydrogen) atoms. The molecule has 1 rings (SSSR count). The number of aromatic nitrogens is 2. The Labute approximate surface area is 111 Å². The van der Waals surface area contributed by atoms with Crippen molar-refractivity contribution in [1.82, 2.24) is 15.1 Å². The Morgan fingerprint density at radius 3 is 2.56 bits per heavy atom. The number of nitrogens with one attached hydrogen (secondary N) is 1. The van der Waals surface area contributed by atoms with E-state index in [1.165, 1.54) is 5.69 Å². The molecular formula is C14H27N3O. The Hall–Kier alpha value is -0.870. The minimum Gasteiger partial charge on any atom is -0.377 e. The predicted molar refractivity (Wildman–Crippen MR) is 74.9 cm³/mol. The summed E-state index contributed by atoms with van der Waals surface area (Å²) >= 11 is 0. The van der Waals surface area contributed by atoms with E-state index < -0.39 is 0 Å². The number of nitrogens with zero attached hydrogens (tertiary/aromatic N) is 2. The van der Waals surface area contributed by atoms with Gasteiger partial charge in [0.2, 0.25) is 0 Å². The summed E-state index contributed by atoms with van der Waals surface area (Å²) < 4.78 is 7.67. The van der Waals surface area contributed by atoms with Gasteiger partial charge < -0.3 is 10.1 Å². The van der Waals surface area contributed by atoms with Crippen LogP contribution >= 0.6 is 0 Å². The van der Waals surface area contributed by atoms with E-state index >= 15 is 0 Å². The minimum atomic E-state index is -0.191. The molecule has 0 radical (unpaired) electrons. The van der Waals surface area contributed by atoms with Crippen LogP contribution in [-0.2, 0) is 24.1 Å². The molecule has 104 valence electrons. The summed E-state index contributed by atoms with van der Waals surface area (Å²) in [6, 6.07) is 2.48. The lowest BCUT2D eigenvalue weighted by atomic mass is 9.94. The molecule has 0 saturated carbocycles. The van der Waals surface area contributed by atoms with Gasteiger partial charge in [-0.25, -0.2) is 0 Å². The normalized spacial score (nSPS) is 13.9. The Balaban J connectivity index is 2.90. The highest BCUT2D eigenvalue weighted by atomic mass is 16.5. The topological polar surface area (TPSA) is 39.1 Å². The summed E-state index contributed by atoms with van der Waals surface area (Å²) in [7, 11) is 3.75. The molecule has 0 aliphatic carbocycles. The van der Waals surface area contributed by atoms with E-state index in [1.807, 2.05) is 7.05 Å². The zero-order valence-electron chi connectivity index (χ0n) is 12.6. The molecule has 0 fully saturated rings. The van der Waals surface area contributed by atoms with Crippen LogP contribution in [-0.4, -0.2) is 35.6 Å². The largest absolute Gasteiger partial charge is 0.377 e. The maximum atomic E-state index is 5.58. The third kappa shape index (κ3) is 3.33. The lowest BCUT2D eigenvalue weighted by Gasteiger charge is -2.33. The zero-order valence-corrected chi connectivity index (χ0v) is 12.6. The quantitative estimate of drug-likeness (QED) is 0.808. The van der Waals surface area contributed by atoms with Crippen LogP contribution < -0.4 is 5.32 Å². The standard InChI is InChI=1S/C14H27N3O/c1-7-11-9-12(17(8-2)16-11)10-13(15-5)14(3,4)18-6/h9,13,15H,7-8,10H2,1-6H3. The SMILES string of the molecule is CCc1cc(CC(NC)C(C)(C)OC)n(CC)n1. The van der Waals surface area contributed by atoms with Crippen molar-refractivity contribution in [2.24, 2.45) is 0 Å². The molecule has 0 saturated heterocycles. The highest BCUT2D eigenvalue weighted by molar-refractivity contribution is 5.13. The lowest BCUT2D eigenvalue weighted by molar-refractivity contribution is -0.00846. The van der Waals surface area contributed by atoms with Crippen molar-refractivity contribution >= 4 is 0 Å². The molecule has 0 aliphatic heterocycles. The van der Waals surface area contributed by atoms with E-state index in [2.05, 4.69) is 48.9 Å². The molecule has 1 aromatic heterocycles. The second kappa shape index (κ2) is 6.34. The van der Waals surface area contributed by atoms with Crippen molar-refractivity contribution in [2.75, 3.05) is 14.2 Å². The first-order chi connectivity index (χ1) is 8.48. The summed E-state index contributed by atoms with van der Waals surface area (Å²) in [6.45, 7) is 9.41. The summed E-state index contributed by atoms with van der Waals surface area (Å²) in [5, 5.41) is 7.94. The number of hydrogen-bond acceptors (Lipinski definition) is 3. The van der Waals surface area contributed by atoms with Gasteiger partial charge in [-0.05, 0) is 40.3 Å². The van der Waals surface area contributed by atoms with E-state index in [4.69, 9.17) is 4.74 Å². The lowest BCUT2D eigenvalue weighted by Crippen LogP contribution is -2.48. The number of likely N-dealkylation sites (N-methyl/N-ethyl adjacent to an activating group) is 1. The van der Waals surface area contributed by atoms with Crippen LogP contribution in [0.3, 0.4) is 0 Å². The Morgan fingerprint density at radius 2 is 2.11 bits per heavy atom. The monoisotopic (exact) mass is 253 g/mol. The van der Waals surface area contributed by atoms with Crippen LogP contribution in [0.5, 0.6) is 0 Å². The van der Waals surface area contributed by atoms with E-state index in [-0.39, 0.29) is 11.6 Å². The molecule has 1 N–H and O–H groups in total. The highest BCUT2D eigenvalue weighted by Crippen LogP contribution is 2.18. The number of rotatable bonds is 7. The molecule has 4 heteroatoms. The molecule has 1 heterocycles.